The molecular formula is C13H17ClN2O. The van der Waals surface area contributed by atoms with E-state index in [0.29, 0.717) is 16.6 Å². The second-order valence-electron chi connectivity index (χ2n) is 4.58. The number of nitrogens with zero attached hydrogens (tertiary/aromatic N) is 1. The summed E-state index contributed by atoms with van der Waals surface area (Å²) in [5.74, 6) is 0.0456. The number of hydrogen-bond donors (Lipinski definition) is 1. The van der Waals surface area contributed by atoms with Crippen LogP contribution in [0.25, 0.3) is 0 Å². The van der Waals surface area contributed by atoms with Crippen molar-refractivity contribution in [2.75, 3.05) is 20.1 Å². The monoisotopic (exact) mass is 252 g/mol. The zero-order valence-corrected chi connectivity index (χ0v) is 10.9. The highest BCUT2D eigenvalue weighted by Crippen LogP contribution is 2.17. The highest BCUT2D eigenvalue weighted by atomic mass is 35.5. The maximum absolute atomic E-state index is 12.3. The summed E-state index contributed by atoms with van der Waals surface area (Å²) in [6.07, 6.45) is 1.02. The molecule has 0 aliphatic carbocycles. The molecule has 1 N–H and O–H groups in total. The molecule has 0 saturated carbocycles. The van der Waals surface area contributed by atoms with Crippen LogP contribution in [0.2, 0.25) is 5.02 Å². The van der Waals surface area contributed by atoms with E-state index in [-0.39, 0.29) is 5.91 Å². The van der Waals surface area contributed by atoms with Gasteiger partial charge < -0.3 is 10.2 Å². The van der Waals surface area contributed by atoms with Crippen LogP contribution >= 0.6 is 11.6 Å². The third-order valence-electron chi connectivity index (χ3n) is 3.19. The second kappa shape index (κ2) is 5.07. The van der Waals surface area contributed by atoms with Gasteiger partial charge in [0.25, 0.3) is 5.91 Å². The molecule has 0 bridgehead atoms. The Morgan fingerprint density at radius 3 is 2.82 bits per heavy atom. The normalized spacial score (nSPS) is 19.4. The number of aryl methyl sites for hydroxylation is 1. The van der Waals surface area contributed by atoms with Crippen molar-refractivity contribution in [2.24, 2.45) is 0 Å². The lowest BCUT2D eigenvalue weighted by molar-refractivity contribution is 0.0743. The molecule has 0 radical (unpaired) electrons. The highest BCUT2D eigenvalue weighted by Gasteiger charge is 2.24. The minimum Gasteiger partial charge on any atom is -0.337 e. The fourth-order valence-electron chi connectivity index (χ4n) is 2.20. The van der Waals surface area contributed by atoms with Crippen molar-refractivity contribution in [1.82, 2.24) is 10.2 Å². The zero-order chi connectivity index (χ0) is 12.4. The zero-order valence-electron chi connectivity index (χ0n) is 10.2. The maximum atomic E-state index is 12.3. The summed E-state index contributed by atoms with van der Waals surface area (Å²) in [7, 11) is 1.86. The van der Waals surface area contributed by atoms with Crippen LogP contribution in [0.3, 0.4) is 0 Å². The average molecular weight is 253 g/mol. The first-order valence-electron chi connectivity index (χ1n) is 5.83. The minimum absolute atomic E-state index is 0.0456. The lowest BCUT2D eigenvalue weighted by Gasteiger charge is -2.24. The van der Waals surface area contributed by atoms with E-state index < -0.39 is 0 Å². The topological polar surface area (TPSA) is 32.3 Å². The summed E-state index contributed by atoms with van der Waals surface area (Å²) >= 11 is 5.98. The molecule has 4 heteroatoms. The van der Waals surface area contributed by atoms with Crippen LogP contribution in [0, 0.1) is 6.92 Å². The standard InChI is InChI=1S/C13H17ClN2O/c1-9-5-10(7-11(14)6-9)13(17)16(2)12-3-4-15-8-12/h5-7,12,15H,3-4,8H2,1-2H3. The predicted octanol–water partition coefficient (Wildman–Crippen LogP) is 2.08. The maximum Gasteiger partial charge on any atom is 0.253 e. The Morgan fingerprint density at radius 1 is 1.47 bits per heavy atom. The largest absolute Gasteiger partial charge is 0.337 e. The van der Waals surface area contributed by atoms with Crippen molar-refractivity contribution in [3.63, 3.8) is 0 Å². The third kappa shape index (κ3) is 2.79. The summed E-state index contributed by atoms with van der Waals surface area (Å²) in [5.41, 5.74) is 1.68. The van der Waals surface area contributed by atoms with E-state index in [9.17, 15) is 4.79 Å². The van der Waals surface area contributed by atoms with Crippen molar-refractivity contribution in [1.29, 1.82) is 0 Å². The number of nitrogens with one attached hydrogen (secondary N) is 1. The van der Waals surface area contributed by atoms with Crippen molar-refractivity contribution in [2.45, 2.75) is 19.4 Å². The van der Waals surface area contributed by atoms with Gasteiger partial charge in [0, 0.05) is 30.2 Å². The number of hydrogen-bond acceptors (Lipinski definition) is 2. The van der Waals surface area contributed by atoms with Crippen LogP contribution in [-0.4, -0.2) is 37.0 Å². The molecule has 1 saturated heterocycles. The van der Waals surface area contributed by atoms with E-state index in [1.165, 1.54) is 0 Å². The number of carbonyl (C=O) groups excluding carboxylic acids is 1. The average Bonchev–Trinajstić information content (AvgIpc) is 2.79. The predicted molar refractivity (Wildman–Crippen MR) is 69.6 cm³/mol. The molecular weight excluding hydrogens is 236 g/mol. The van der Waals surface area contributed by atoms with Gasteiger partial charge in [0.2, 0.25) is 0 Å². The van der Waals surface area contributed by atoms with Crippen LogP contribution in [-0.2, 0) is 0 Å². The first-order chi connectivity index (χ1) is 8.08. The van der Waals surface area contributed by atoms with Gasteiger partial charge in [-0.1, -0.05) is 11.6 Å². The lowest BCUT2D eigenvalue weighted by Crippen LogP contribution is -2.38. The van der Waals surface area contributed by atoms with E-state index in [2.05, 4.69) is 5.32 Å². The molecule has 0 spiro atoms. The number of benzene rings is 1. The Bertz CT molecular complexity index is 407. The number of halogens is 1. The number of amides is 1. The van der Waals surface area contributed by atoms with Gasteiger partial charge in [-0.3, -0.25) is 4.79 Å². The minimum atomic E-state index is 0.0456. The molecule has 1 heterocycles. The van der Waals surface area contributed by atoms with Gasteiger partial charge in [-0.2, -0.15) is 0 Å². The third-order valence-corrected chi connectivity index (χ3v) is 3.41. The Morgan fingerprint density at radius 2 is 2.24 bits per heavy atom. The number of carbonyl (C=O) groups is 1. The number of likely N-dealkylation sites (N-methyl/N-ethyl adjacent to an activating group) is 1. The summed E-state index contributed by atoms with van der Waals surface area (Å²) in [6.45, 7) is 3.80. The van der Waals surface area contributed by atoms with Gasteiger partial charge in [0.15, 0.2) is 0 Å². The van der Waals surface area contributed by atoms with Crippen molar-refractivity contribution in [3.05, 3.63) is 34.3 Å². The molecule has 1 aliphatic heterocycles. The fourth-order valence-corrected chi connectivity index (χ4v) is 2.49. The smallest absolute Gasteiger partial charge is 0.253 e. The summed E-state index contributed by atoms with van der Waals surface area (Å²) < 4.78 is 0. The molecule has 1 fully saturated rings. The first-order valence-corrected chi connectivity index (χ1v) is 6.21. The Labute approximate surface area is 107 Å². The quantitative estimate of drug-likeness (QED) is 0.874. The van der Waals surface area contributed by atoms with Crippen molar-refractivity contribution in [3.8, 4) is 0 Å². The summed E-state index contributed by atoms with van der Waals surface area (Å²) in [4.78, 5) is 14.1. The van der Waals surface area contributed by atoms with Gasteiger partial charge in [-0.15, -0.1) is 0 Å². The molecule has 1 aliphatic rings. The molecule has 1 aromatic rings. The van der Waals surface area contributed by atoms with E-state index in [1.807, 2.05) is 31.0 Å². The second-order valence-corrected chi connectivity index (χ2v) is 5.02. The van der Waals surface area contributed by atoms with Crippen molar-refractivity contribution < 1.29 is 4.79 Å². The molecule has 3 nitrogen and oxygen atoms in total. The van der Waals surface area contributed by atoms with E-state index in [1.54, 1.807) is 6.07 Å². The molecule has 92 valence electrons. The highest BCUT2D eigenvalue weighted by molar-refractivity contribution is 6.31. The molecule has 0 aromatic heterocycles. The molecule has 17 heavy (non-hydrogen) atoms. The lowest BCUT2D eigenvalue weighted by atomic mass is 10.1. The SMILES string of the molecule is Cc1cc(Cl)cc(C(=O)N(C)C2CCNC2)c1. The van der Waals surface area contributed by atoms with Crippen LogP contribution < -0.4 is 5.32 Å². The number of rotatable bonds is 2. The van der Waals surface area contributed by atoms with Gasteiger partial charge in [-0.25, -0.2) is 0 Å². The van der Waals surface area contributed by atoms with Gasteiger partial charge in [0.05, 0.1) is 0 Å². The molecule has 2 rings (SSSR count). The Balaban J connectivity index is 2.17. The first kappa shape index (κ1) is 12.4. The Hall–Kier alpha value is -1.06. The molecule has 1 amide bonds. The van der Waals surface area contributed by atoms with Crippen LogP contribution in [0.15, 0.2) is 18.2 Å². The van der Waals surface area contributed by atoms with Crippen LogP contribution in [0.4, 0.5) is 0 Å². The van der Waals surface area contributed by atoms with Crippen LogP contribution in [0.1, 0.15) is 22.3 Å². The summed E-state index contributed by atoms with van der Waals surface area (Å²) in [6, 6.07) is 5.76. The van der Waals surface area contributed by atoms with E-state index in [0.717, 1.165) is 25.1 Å². The van der Waals surface area contributed by atoms with Crippen molar-refractivity contribution >= 4 is 17.5 Å². The van der Waals surface area contributed by atoms with Gasteiger partial charge in [0.1, 0.15) is 0 Å². The van der Waals surface area contributed by atoms with Gasteiger partial charge >= 0.3 is 0 Å². The molecule has 1 unspecified atom stereocenters. The molecule has 1 atom stereocenters. The molecule has 1 aromatic carbocycles. The van der Waals surface area contributed by atoms with E-state index in [4.69, 9.17) is 11.6 Å². The van der Waals surface area contributed by atoms with E-state index >= 15 is 0 Å². The Kier molecular flexibility index (Phi) is 3.69. The van der Waals surface area contributed by atoms with Gasteiger partial charge in [-0.05, 0) is 43.7 Å². The fraction of sp³-hybridized carbons (Fsp3) is 0.462. The summed E-state index contributed by atoms with van der Waals surface area (Å²) in [5, 5.41) is 3.88. The van der Waals surface area contributed by atoms with Crippen LogP contribution in [0.5, 0.6) is 0 Å².